The van der Waals surface area contributed by atoms with Gasteiger partial charge in [0.1, 0.15) is 10.8 Å². The van der Waals surface area contributed by atoms with E-state index in [1.54, 1.807) is 11.3 Å². The molecule has 0 aromatic carbocycles. The van der Waals surface area contributed by atoms with Gasteiger partial charge < -0.3 is 15.3 Å². The molecule has 3 aromatic heterocycles. The van der Waals surface area contributed by atoms with Gasteiger partial charge in [0.2, 0.25) is 5.13 Å². The summed E-state index contributed by atoms with van der Waals surface area (Å²) < 4.78 is 0. The zero-order chi connectivity index (χ0) is 20.5. The number of nitrogens with zero attached hydrogens (tertiary/aromatic N) is 5. The molecular weight excluding hydrogens is 436 g/mol. The van der Waals surface area contributed by atoms with Gasteiger partial charge in [0, 0.05) is 19.0 Å². The van der Waals surface area contributed by atoms with Crippen molar-refractivity contribution in [3.05, 3.63) is 29.4 Å². The van der Waals surface area contributed by atoms with Crippen LogP contribution >= 0.6 is 23.7 Å². The summed E-state index contributed by atoms with van der Waals surface area (Å²) >= 11 is 1.61. The van der Waals surface area contributed by atoms with Gasteiger partial charge in [-0.25, -0.2) is 4.98 Å². The fourth-order valence-electron chi connectivity index (χ4n) is 4.36. The topological polar surface area (TPSA) is 104 Å². The quantitative estimate of drug-likeness (QED) is 0.569. The summed E-state index contributed by atoms with van der Waals surface area (Å²) in [5, 5.41) is 23.0. The highest BCUT2D eigenvalue weighted by atomic mass is 35.5. The summed E-state index contributed by atoms with van der Waals surface area (Å²) in [5.41, 5.74) is 2.61. The minimum Gasteiger partial charge on any atom is -0.481 e. The van der Waals surface area contributed by atoms with Crippen molar-refractivity contribution in [1.29, 1.82) is 0 Å². The van der Waals surface area contributed by atoms with Crippen LogP contribution in [0.5, 0.6) is 0 Å². The molecule has 1 saturated heterocycles. The maximum atomic E-state index is 11.2. The van der Waals surface area contributed by atoms with Crippen molar-refractivity contribution in [1.82, 2.24) is 20.2 Å². The molecule has 1 aliphatic heterocycles. The molecule has 1 saturated carbocycles. The Bertz CT molecular complexity index is 1060. The van der Waals surface area contributed by atoms with Gasteiger partial charge in [0.05, 0.1) is 28.8 Å². The third kappa shape index (κ3) is 4.72. The fraction of sp³-hybridized carbons (Fsp3) is 0.476. The molecule has 31 heavy (non-hydrogen) atoms. The van der Waals surface area contributed by atoms with Crippen molar-refractivity contribution < 1.29 is 9.90 Å². The van der Waals surface area contributed by atoms with E-state index in [0.717, 1.165) is 45.8 Å². The lowest BCUT2D eigenvalue weighted by Gasteiger charge is -2.31. The van der Waals surface area contributed by atoms with Crippen molar-refractivity contribution in [3.8, 4) is 0 Å². The van der Waals surface area contributed by atoms with Crippen LogP contribution in [0.2, 0.25) is 0 Å². The Morgan fingerprint density at radius 3 is 2.61 bits per heavy atom. The average Bonchev–Trinajstić information content (AvgIpc) is 3.45. The number of aliphatic carboxylic acids is 1. The van der Waals surface area contributed by atoms with E-state index in [9.17, 15) is 9.90 Å². The van der Waals surface area contributed by atoms with Crippen molar-refractivity contribution >= 4 is 57.4 Å². The van der Waals surface area contributed by atoms with Crippen molar-refractivity contribution in [3.63, 3.8) is 0 Å². The third-order valence-electron chi connectivity index (χ3n) is 6.11. The smallest absolute Gasteiger partial charge is 0.306 e. The number of carboxylic acids is 1. The van der Waals surface area contributed by atoms with E-state index in [0.29, 0.717) is 18.8 Å². The predicted octanol–water partition coefficient (Wildman–Crippen LogP) is 4.61. The maximum Gasteiger partial charge on any atom is 0.306 e. The van der Waals surface area contributed by atoms with Gasteiger partial charge in [0.15, 0.2) is 0 Å². The number of halogens is 1. The highest BCUT2D eigenvalue weighted by Crippen LogP contribution is 2.37. The molecule has 2 fully saturated rings. The molecule has 164 valence electrons. The van der Waals surface area contributed by atoms with Gasteiger partial charge in [-0.2, -0.15) is 0 Å². The number of pyridine rings is 2. The molecule has 5 rings (SSSR count). The number of anilines is 3. The number of hydrogen-bond acceptors (Lipinski definition) is 8. The van der Waals surface area contributed by atoms with Crippen molar-refractivity contribution in [2.75, 3.05) is 23.3 Å². The molecule has 0 atom stereocenters. The molecule has 2 N–H and O–H groups in total. The van der Waals surface area contributed by atoms with Gasteiger partial charge in [0.25, 0.3) is 0 Å². The number of aromatic nitrogens is 4. The molecule has 1 aliphatic carbocycles. The number of piperidine rings is 1. The Labute approximate surface area is 190 Å². The Morgan fingerprint density at radius 1 is 1.10 bits per heavy atom. The van der Waals surface area contributed by atoms with Crippen LogP contribution in [0.1, 0.15) is 49.5 Å². The highest BCUT2D eigenvalue weighted by molar-refractivity contribution is 7.15. The van der Waals surface area contributed by atoms with Crippen LogP contribution in [0.4, 0.5) is 16.6 Å². The van der Waals surface area contributed by atoms with Crippen LogP contribution in [-0.4, -0.2) is 44.3 Å². The standard InChI is InChI=1S/C21H24N6O2S.ClH/c28-20(29)14-7-9-27(10-8-14)15-11-17-16(22-12-15)5-6-18(23-17)24-21-26-25-19(30-21)13-3-1-2-4-13;/h5-6,11-14H,1-4,7-10H2,(H,28,29)(H,23,24,26);1H. The Kier molecular flexibility index (Phi) is 6.52. The summed E-state index contributed by atoms with van der Waals surface area (Å²) in [6.45, 7) is 1.44. The zero-order valence-corrected chi connectivity index (χ0v) is 18.7. The number of fused-ring (bicyclic) bond motifs is 1. The van der Waals surface area contributed by atoms with E-state index in [1.807, 2.05) is 24.4 Å². The van der Waals surface area contributed by atoms with Gasteiger partial charge >= 0.3 is 5.97 Å². The summed E-state index contributed by atoms with van der Waals surface area (Å²) in [4.78, 5) is 22.6. The summed E-state index contributed by atoms with van der Waals surface area (Å²) in [7, 11) is 0. The van der Waals surface area contributed by atoms with Gasteiger partial charge in [-0.1, -0.05) is 24.2 Å². The summed E-state index contributed by atoms with van der Waals surface area (Å²) in [6.07, 6.45) is 8.13. The maximum absolute atomic E-state index is 11.2. The van der Waals surface area contributed by atoms with E-state index in [4.69, 9.17) is 4.98 Å². The van der Waals surface area contributed by atoms with Gasteiger partial charge in [-0.3, -0.25) is 9.78 Å². The average molecular weight is 461 g/mol. The first-order valence-corrected chi connectivity index (χ1v) is 11.3. The highest BCUT2D eigenvalue weighted by Gasteiger charge is 2.25. The lowest BCUT2D eigenvalue weighted by molar-refractivity contribution is -0.142. The number of carbonyl (C=O) groups is 1. The summed E-state index contributed by atoms with van der Waals surface area (Å²) in [5.74, 6) is 0.334. The number of carboxylic acid groups (broad SMARTS) is 1. The second-order valence-electron chi connectivity index (χ2n) is 8.08. The number of hydrogen-bond donors (Lipinski definition) is 2. The van der Waals surface area contributed by atoms with Gasteiger partial charge in [-0.15, -0.1) is 22.6 Å². The monoisotopic (exact) mass is 460 g/mol. The van der Waals surface area contributed by atoms with E-state index in [2.05, 4.69) is 25.4 Å². The first-order chi connectivity index (χ1) is 14.7. The Morgan fingerprint density at radius 2 is 1.87 bits per heavy atom. The fourth-order valence-corrected chi connectivity index (χ4v) is 5.27. The van der Waals surface area contributed by atoms with E-state index < -0.39 is 5.97 Å². The number of rotatable bonds is 5. The first-order valence-electron chi connectivity index (χ1n) is 10.5. The molecule has 8 nitrogen and oxygen atoms in total. The van der Waals surface area contributed by atoms with Crippen LogP contribution < -0.4 is 10.2 Å². The second kappa shape index (κ2) is 9.32. The lowest BCUT2D eigenvalue weighted by Crippen LogP contribution is -2.36. The predicted molar refractivity (Wildman–Crippen MR) is 124 cm³/mol. The number of nitrogens with one attached hydrogen (secondary N) is 1. The molecule has 0 amide bonds. The third-order valence-corrected chi connectivity index (χ3v) is 7.11. The lowest BCUT2D eigenvalue weighted by atomic mass is 9.97. The van der Waals surface area contributed by atoms with Crippen LogP contribution in [0, 0.1) is 5.92 Å². The molecular formula is C21H25ClN6O2S. The Hall–Kier alpha value is -2.52. The van der Waals surface area contributed by atoms with E-state index in [1.165, 1.54) is 25.7 Å². The zero-order valence-electron chi connectivity index (χ0n) is 17.0. The van der Waals surface area contributed by atoms with E-state index in [-0.39, 0.29) is 18.3 Å². The van der Waals surface area contributed by atoms with E-state index >= 15 is 0 Å². The molecule has 0 spiro atoms. The second-order valence-corrected chi connectivity index (χ2v) is 9.09. The first kappa shape index (κ1) is 21.7. The minimum absolute atomic E-state index is 0. The molecule has 10 heteroatoms. The van der Waals surface area contributed by atoms with Crippen molar-refractivity contribution in [2.24, 2.45) is 5.92 Å². The largest absolute Gasteiger partial charge is 0.481 e. The molecule has 0 radical (unpaired) electrons. The normalized spacial score (nSPS) is 17.6. The van der Waals surface area contributed by atoms with Crippen LogP contribution in [0.15, 0.2) is 24.4 Å². The molecule has 4 heterocycles. The van der Waals surface area contributed by atoms with Crippen LogP contribution in [-0.2, 0) is 4.79 Å². The van der Waals surface area contributed by atoms with Gasteiger partial charge in [-0.05, 0) is 43.9 Å². The minimum atomic E-state index is -0.698. The molecule has 3 aromatic rings. The van der Waals surface area contributed by atoms with Crippen molar-refractivity contribution in [2.45, 2.75) is 44.4 Å². The Balaban J connectivity index is 0.00000231. The SMILES string of the molecule is Cl.O=C(O)C1CCN(c2cnc3ccc(Nc4nnc(C5CCCC5)s4)nc3c2)CC1. The van der Waals surface area contributed by atoms with Crippen LogP contribution in [0.25, 0.3) is 11.0 Å². The molecule has 0 bridgehead atoms. The van der Waals surface area contributed by atoms with Crippen LogP contribution in [0.3, 0.4) is 0 Å². The summed E-state index contributed by atoms with van der Waals surface area (Å²) in [6, 6.07) is 5.88. The molecule has 2 aliphatic rings. The molecule has 0 unspecified atom stereocenters.